The molecule has 2 rings (SSSR count). The van der Waals surface area contributed by atoms with Gasteiger partial charge in [-0.2, -0.15) is 0 Å². The maximum atomic E-state index is 11.5. The summed E-state index contributed by atoms with van der Waals surface area (Å²) < 4.78 is 5.64. The van der Waals surface area contributed by atoms with Crippen LogP contribution in [0.25, 0.3) is 0 Å². The van der Waals surface area contributed by atoms with Gasteiger partial charge in [0.2, 0.25) is 5.91 Å². The van der Waals surface area contributed by atoms with E-state index in [-0.39, 0.29) is 12.5 Å². The van der Waals surface area contributed by atoms with Gasteiger partial charge >= 0.3 is 0 Å². The Morgan fingerprint density at radius 1 is 1.37 bits per heavy atom. The summed E-state index contributed by atoms with van der Waals surface area (Å²) in [6.45, 7) is 4.43. The molecule has 0 heterocycles. The number of carbonyl (C=O) groups excluding carboxylic acids is 1. The van der Waals surface area contributed by atoms with Crippen molar-refractivity contribution in [3.8, 4) is 5.75 Å². The van der Waals surface area contributed by atoms with Crippen LogP contribution in [0.5, 0.6) is 5.75 Å². The van der Waals surface area contributed by atoms with Crippen LogP contribution in [0, 0.1) is 5.92 Å². The van der Waals surface area contributed by atoms with E-state index in [9.17, 15) is 4.79 Å². The molecule has 4 heteroatoms. The van der Waals surface area contributed by atoms with Gasteiger partial charge < -0.3 is 16.2 Å². The predicted molar refractivity (Wildman–Crippen MR) is 74.9 cm³/mol. The van der Waals surface area contributed by atoms with Crippen LogP contribution in [0.4, 0.5) is 0 Å². The van der Waals surface area contributed by atoms with Crippen molar-refractivity contribution in [1.82, 2.24) is 0 Å². The van der Waals surface area contributed by atoms with E-state index in [1.54, 1.807) is 0 Å². The number of rotatable bonds is 6. The highest BCUT2D eigenvalue weighted by molar-refractivity contribution is 5.85. The molecule has 19 heavy (non-hydrogen) atoms. The molecule has 1 amide bonds. The van der Waals surface area contributed by atoms with Crippen LogP contribution >= 0.6 is 0 Å². The average molecular weight is 262 g/mol. The molecule has 104 valence electrons. The van der Waals surface area contributed by atoms with Crippen LogP contribution < -0.4 is 16.2 Å². The Bertz CT molecular complexity index is 452. The lowest BCUT2D eigenvalue weighted by Gasteiger charge is -2.25. The van der Waals surface area contributed by atoms with Gasteiger partial charge in [-0.15, -0.1) is 0 Å². The first kappa shape index (κ1) is 13.9. The molecule has 1 atom stereocenters. The summed E-state index contributed by atoms with van der Waals surface area (Å²) in [5.41, 5.74) is 11.7. The van der Waals surface area contributed by atoms with E-state index >= 15 is 0 Å². The maximum Gasteiger partial charge on any atom is 0.241 e. The third-order valence-electron chi connectivity index (χ3n) is 3.79. The number of ether oxygens (including phenoxy) is 1. The minimum Gasteiger partial charge on any atom is -0.491 e. The van der Waals surface area contributed by atoms with Gasteiger partial charge in [0.05, 0.1) is 0 Å². The molecule has 1 aromatic carbocycles. The zero-order valence-corrected chi connectivity index (χ0v) is 11.6. The van der Waals surface area contributed by atoms with Crippen molar-refractivity contribution < 1.29 is 9.53 Å². The lowest BCUT2D eigenvalue weighted by molar-refractivity contribution is -0.125. The molecule has 0 saturated heterocycles. The summed E-state index contributed by atoms with van der Waals surface area (Å²) in [5, 5.41) is 0. The lowest BCUT2D eigenvalue weighted by atomic mass is 9.95. The number of nitrogens with two attached hydrogens (primary N) is 2. The molecule has 0 aromatic heterocycles. The first-order valence-electron chi connectivity index (χ1n) is 6.75. The van der Waals surface area contributed by atoms with Crippen molar-refractivity contribution in [1.29, 1.82) is 0 Å². The molecule has 0 spiro atoms. The van der Waals surface area contributed by atoms with Crippen LogP contribution in [0.2, 0.25) is 0 Å². The van der Waals surface area contributed by atoms with Gasteiger partial charge in [0, 0.05) is 0 Å². The molecule has 1 fully saturated rings. The molecule has 4 nitrogen and oxygen atoms in total. The maximum absolute atomic E-state index is 11.5. The number of carbonyl (C=O) groups is 1. The van der Waals surface area contributed by atoms with Crippen LogP contribution in [0.1, 0.15) is 38.2 Å². The van der Waals surface area contributed by atoms with E-state index in [1.807, 2.05) is 24.3 Å². The second kappa shape index (κ2) is 5.21. The normalized spacial score (nSPS) is 18.1. The van der Waals surface area contributed by atoms with Gasteiger partial charge in [0.25, 0.3) is 0 Å². The molecule has 0 radical (unpaired) electrons. The zero-order valence-electron chi connectivity index (χ0n) is 11.6. The topological polar surface area (TPSA) is 78.3 Å². The highest BCUT2D eigenvalue weighted by atomic mass is 16.5. The zero-order chi connectivity index (χ0) is 14.0. The fourth-order valence-electron chi connectivity index (χ4n) is 2.14. The molecule has 0 aliphatic heterocycles. The Hall–Kier alpha value is -1.55. The molecule has 4 N–H and O–H groups in total. The van der Waals surface area contributed by atoms with Gasteiger partial charge in [-0.05, 0) is 42.4 Å². The summed E-state index contributed by atoms with van der Waals surface area (Å²) in [4.78, 5) is 11.5. The van der Waals surface area contributed by atoms with Crippen molar-refractivity contribution in [3.05, 3.63) is 29.8 Å². The molecular formula is C15H22N2O2. The van der Waals surface area contributed by atoms with Crippen LogP contribution in [-0.4, -0.2) is 18.1 Å². The van der Waals surface area contributed by atoms with Crippen molar-refractivity contribution >= 4 is 5.91 Å². The quantitative estimate of drug-likeness (QED) is 0.820. The average Bonchev–Trinajstić information content (AvgIpc) is 3.20. The number of primary amides is 1. The minimum atomic E-state index is -1.03. The van der Waals surface area contributed by atoms with E-state index in [4.69, 9.17) is 16.2 Å². The van der Waals surface area contributed by atoms with Crippen molar-refractivity contribution in [3.63, 3.8) is 0 Å². The van der Waals surface area contributed by atoms with E-state index in [2.05, 4.69) is 13.8 Å². The smallest absolute Gasteiger partial charge is 0.241 e. The largest absolute Gasteiger partial charge is 0.491 e. The second-order valence-corrected chi connectivity index (χ2v) is 5.69. The standard InChI is InChI=1S/C15H22N2O2/c1-10(2)11-3-7-13(8-4-11)19-9-15(17,14(16)18)12-5-6-12/h3-4,7-8,10,12H,5-6,9,17H2,1-2H3,(H2,16,18). The van der Waals surface area contributed by atoms with Crippen molar-refractivity contribution in [2.24, 2.45) is 17.4 Å². The van der Waals surface area contributed by atoms with Gasteiger partial charge in [0.1, 0.15) is 17.9 Å². The van der Waals surface area contributed by atoms with E-state index < -0.39 is 11.4 Å². The first-order chi connectivity index (χ1) is 8.93. The molecular weight excluding hydrogens is 240 g/mol. The van der Waals surface area contributed by atoms with Crippen LogP contribution in [0.3, 0.4) is 0 Å². The molecule has 1 aliphatic carbocycles. The monoisotopic (exact) mass is 262 g/mol. The third-order valence-corrected chi connectivity index (χ3v) is 3.79. The summed E-state index contributed by atoms with van der Waals surface area (Å²) in [6.07, 6.45) is 1.91. The molecule has 1 saturated carbocycles. The number of amides is 1. The Kier molecular flexibility index (Phi) is 3.80. The molecule has 1 aliphatic rings. The van der Waals surface area contributed by atoms with Gasteiger partial charge in [-0.25, -0.2) is 0 Å². The second-order valence-electron chi connectivity index (χ2n) is 5.69. The summed E-state index contributed by atoms with van der Waals surface area (Å²) in [5.74, 6) is 0.898. The molecule has 1 unspecified atom stereocenters. The summed E-state index contributed by atoms with van der Waals surface area (Å²) >= 11 is 0. The van der Waals surface area contributed by atoms with E-state index in [0.29, 0.717) is 5.92 Å². The Balaban J connectivity index is 1.99. The Labute approximate surface area is 114 Å². The SMILES string of the molecule is CC(C)c1ccc(OCC(N)(C(N)=O)C2CC2)cc1. The fourth-order valence-corrected chi connectivity index (χ4v) is 2.14. The highest BCUT2D eigenvalue weighted by Crippen LogP contribution is 2.38. The Morgan fingerprint density at radius 2 is 1.95 bits per heavy atom. The molecule has 0 bridgehead atoms. The van der Waals surface area contributed by atoms with Crippen LogP contribution in [-0.2, 0) is 4.79 Å². The lowest BCUT2D eigenvalue weighted by Crippen LogP contribution is -2.58. The van der Waals surface area contributed by atoms with E-state index in [0.717, 1.165) is 18.6 Å². The van der Waals surface area contributed by atoms with Gasteiger partial charge in [0.15, 0.2) is 0 Å². The van der Waals surface area contributed by atoms with Gasteiger partial charge in [-0.3, -0.25) is 4.79 Å². The summed E-state index contributed by atoms with van der Waals surface area (Å²) in [6, 6.07) is 7.87. The highest BCUT2D eigenvalue weighted by Gasteiger charge is 2.47. The number of hydrogen-bond acceptors (Lipinski definition) is 3. The predicted octanol–water partition coefficient (Wildman–Crippen LogP) is 1.78. The van der Waals surface area contributed by atoms with E-state index in [1.165, 1.54) is 5.56 Å². The molecule has 1 aromatic rings. The summed E-state index contributed by atoms with van der Waals surface area (Å²) in [7, 11) is 0. The number of hydrogen-bond donors (Lipinski definition) is 2. The van der Waals surface area contributed by atoms with Crippen LogP contribution in [0.15, 0.2) is 24.3 Å². The number of benzene rings is 1. The van der Waals surface area contributed by atoms with Crippen molar-refractivity contribution in [2.75, 3.05) is 6.61 Å². The van der Waals surface area contributed by atoms with Crippen molar-refractivity contribution in [2.45, 2.75) is 38.1 Å². The third kappa shape index (κ3) is 3.07. The first-order valence-corrected chi connectivity index (χ1v) is 6.75. The van der Waals surface area contributed by atoms with Gasteiger partial charge in [-0.1, -0.05) is 26.0 Å². The minimum absolute atomic E-state index is 0.147. The Morgan fingerprint density at radius 3 is 2.37 bits per heavy atom. The fraction of sp³-hybridized carbons (Fsp3) is 0.533.